The van der Waals surface area contributed by atoms with Crippen molar-refractivity contribution in [1.82, 2.24) is 4.31 Å². The van der Waals surface area contributed by atoms with Crippen LogP contribution in [0.3, 0.4) is 0 Å². The van der Waals surface area contributed by atoms with Crippen molar-refractivity contribution in [2.24, 2.45) is 0 Å². The lowest BCUT2D eigenvalue weighted by atomic mass is 10.3. The maximum absolute atomic E-state index is 13.8. The number of amides is 1. The maximum Gasteiger partial charge on any atom is 0.279 e. The summed E-state index contributed by atoms with van der Waals surface area (Å²) < 4.78 is 40.4. The fourth-order valence-electron chi connectivity index (χ4n) is 2.97. The molecule has 2 aromatic carbocycles. The second-order valence-electron chi connectivity index (χ2n) is 6.32. The Kier molecular flexibility index (Phi) is 6.11. The molecule has 0 aromatic heterocycles. The van der Waals surface area contributed by atoms with E-state index in [2.05, 4.69) is 5.32 Å². The van der Waals surface area contributed by atoms with Gasteiger partial charge in [-0.25, -0.2) is 12.8 Å². The van der Waals surface area contributed by atoms with Gasteiger partial charge < -0.3 is 10.2 Å². The Hall–Kier alpha value is -2.00. The molecule has 1 fully saturated rings. The molecule has 1 aliphatic rings. The van der Waals surface area contributed by atoms with Gasteiger partial charge in [0.25, 0.3) is 5.91 Å². The number of nitrogens with one attached hydrogen (secondary N) is 2. The predicted molar refractivity (Wildman–Crippen MR) is 101 cm³/mol. The molecule has 0 radical (unpaired) electrons. The predicted octanol–water partition coefficient (Wildman–Crippen LogP) is 1.01. The van der Waals surface area contributed by atoms with E-state index < -0.39 is 15.8 Å². The van der Waals surface area contributed by atoms with Gasteiger partial charge in [0.2, 0.25) is 10.0 Å². The van der Waals surface area contributed by atoms with E-state index in [4.69, 9.17) is 11.6 Å². The molecule has 1 aliphatic heterocycles. The third kappa shape index (κ3) is 4.84. The first-order chi connectivity index (χ1) is 12.9. The van der Waals surface area contributed by atoms with Gasteiger partial charge in [-0.15, -0.1) is 0 Å². The van der Waals surface area contributed by atoms with Crippen molar-refractivity contribution in [3.05, 3.63) is 59.4 Å². The normalized spacial score (nSPS) is 16.2. The van der Waals surface area contributed by atoms with E-state index in [0.717, 1.165) is 11.0 Å². The lowest BCUT2D eigenvalue weighted by molar-refractivity contribution is -0.895. The third-order valence-electron chi connectivity index (χ3n) is 4.43. The highest BCUT2D eigenvalue weighted by atomic mass is 35.5. The maximum atomic E-state index is 13.8. The Morgan fingerprint density at radius 2 is 1.81 bits per heavy atom. The van der Waals surface area contributed by atoms with Gasteiger partial charge in [-0.05, 0) is 30.3 Å². The van der Waals surface area contributed by atoms with Crippen LogP contribution in [0.15, 0.2) is 53.4 Å². The van der Waals surface area contributed by atoms with Gasteiger partial charge in [0.05, 0.1) is 36.8 Å². The zero-order valence-corrected chi connectivity index (χ0v) is 16.1. The number of hydrogen-bond donors (Lipinski definition) is 2. The van der Waals surface area contributed by atoms with Crippen LogP contribution in [0.1, 0.15) is 0 Å². The number of quaternary nitrogens is 1. The minimum Gasteiger partial charge on any atom is -0.325 e. The van der Waals surface area contributed by atoms with E-state index in [-0.39, 0.29) is 28.1 Å². The number of benzene rings is 2. The number of nitrogens with zero attached hydrogens (tertiary/aromatic N) is 1. The fraction of sp³-hybridized carbons (Fsp3) is 0.278. The van der Waals surface area contributed by atoms with Crippen molar-refractivity contribution >= 4 is 33.2 Å². The topological polar surface area (TPSA) is 70.9 Å². The lowest BCUT2D eigenvalue weighted by Gasteiger charge is -2.31. The Balaban J connectivity index is 1.54. The Morgan fingerprint density at radius 3 is 2.44 bits per heavy atom. The van der Waals surface area contributed by atoms with Gasteiger partial charge >= 0.3 is 0 Å². The number of rotatable bonds is 5. The first-order valence-electron chi connectivity index (χ1n) is 8.50. The Labute approximate surface area is 162 Å². The molecule has 6 nitrogen and oxygen atoms in total. The van der Waals surface area contributed by atoms with Crippen LogP contribution >= 0.6 is 11.6 Å². The number of sulfonamides is 1. The van der Waals surface area contributed by atoms with Crippen LogP contribution in [0.25, 0.3) is 0 Å². The van der Waals surface area contributed by atoms with Gasteiger partial charge in [0.1, 0.15) is 5.82 Å². The number of hydrogen-bond acceptors (Lipinski definition) is 3. The molecular weight excluding hydrogens is 393 g/mol. The van der Waals surface area contributed by atoms with Crippen LogP contribution in [-0.4, -0.2) is 51.4 Å². The van der Waals surface area contributed by atoms with Crippen LogP contribution in [0.2, 0.25) is 5.02 Å². The molecule has 1 saturated heterocycles. The molecule has 9 heteroatoms. The summed E-state index contributed by atoms with van der Waals surface area (Å²) in [7, 11) is -3.51. The fourth-order valence-corrected chi connectivity index (χ4v) is 4.59. The molecule has 2 N–H and O–H groups in total. The van der Waals surface area contributed by atoms with E-state index in [0.29, 0.717) is 26.2 Å². The summed E-state index contributed by atoms with van der Waals surface area (Å²) in [4.78, 5) is 13.4. The molecule has 3 rings (SSSR count). The number of carbonyl (C=O) groups excluding carboxylic acids is 1. The van der Waals surface area contributed by atoms with Crippen LogP contribution < -0.4 is 10.2 Å². The summed E-state index contributed by atoms with van der Waals surface area (Å²) in [5.41, 5.74) is 0.0779. The highest BCUT2D eigenvalue weighted by Crippen LogP contribution is 2.18. The smallest absolute Gasteiger partial charge is 0.279 e. The number of halogens is 2. The second kappa shape index (κ2) is 8.35. The minimum absolute atomic E-state index is 0.0779. The van der Waals surface area contributed by atoms with Crippen molar-refractivity contribution in [3.8, 4) is 0 Å². The Morgan fingerprint density at radius 1 is 1.15 bits per heavy atom. The molecule has 27 heavy (non-hydrogen) atoms. The first-order valence-corrected chi connectivity index (χ1v) is 10.3. The largest absolute Gasteiger partial charge is 0.325 e. The van der Waals surface area contributed by atoms with Crippen LogP contribution in [-0.2, 0) is 14.8 Å². The van der Waals surface area contributed by atoms with Crippen molar-refractivity contribution in [3.63, 3.8) is 0 Å². The van der Waals surface area contributed by atoms with E-state index in [9.17, 15) is 17.6 Å². The third-order valence-corrected chi connectivity index (χ3v) is 6.57. The van der Waals surface area contributed by atoms with Gasteiger partial charge in [-0.1, -0.05) is 29.8 Å². The molecule has 1 amide bonds. The second-order valence-corrected chi connectivity index (χ2v) is 8.69. The summed E-state index contributed by atoms with van der Waals surface area (Å²) in [6.07, 6.45) is 0. The molecule has 0 unspecified atom stereocenters. The average Bonchev–Trinajstić information content (AvgIpc) is 2.65. The molecular formula is C18H20ClFN3O3S+. The van der Waals surface area contributed by atoms with E-state index in [1.165, 1.54) is 16.4 Å². The van der Waals surface area contributed by atoms with E-state index >= 15 is 0 Å². The van der Waals surface area contributed by atoms with Crippen molar-refractivity contribution in [2.45, 2.75) is 4.90 Å². The summed E-state index contributed by atoms with van der Waals surface area (Å²) in [5, 5.41) is 2.78. The van der Waals surface area contributed by atoms with Crippen molar-refractivity contribution < 1.29 is 22.5 Å². The molecule has 1 heterocycles. The Bertz CT molecular complexity index is 917. The zero-order valence-electron chi connectivity index (χ0n) is 14.5. The van der Waals surface area contributed by atoms with Crippen molar-refractivity contribution in [1.29, 1.82) is 0 Å². The van der Waals surface area contributed by atoms with Crippen LogP contribution in [0.5, 0.6) is 0 Å². The molecule has 0 bridgehead atoms. The van der Waals surface area contributed by atoms with Crippen LogP contribution in [0.4, 0.5) is 10.1 Å². The van der Waals surface area contributed by atoms with Gasteiger partial charge in [-0.2, -0.15) is 4.31 Å². The molecule has 2 aromatic rings. The molecule has 0 saturated carbocycles. The van der Waals surface area contributed by atoms with E-state index in [1.54, 1.807) is 30.3 Å². The first kappa shape index (κ1) is 19.8. The quantitative estimate of drug-likeness (QED) is 0.770. The summed E-state index contributed by atoms with van der Waals surface area (Å²) in [6, 6.07) is 12.3. The lowest BCUT2D eigenvalue weighted by Crippen LogP contribution is -3.15. The minimum atomic E-state index is -3.51. The number of piperazine rings is 1. The van der Waals surface area contributed by atoms with Gasteiger partial charge in [0.15, 0.2) is 6.54 Å². The van der Waals surface area contributed by atoms with Gasteiger partial charge in [0, 0.05) is 5.02 Å². The summed E-state index contributed by atoms with van der Waals surface area (Å²) in [5.74, 6) is -0.921. The van der Waals surface area contributed by atoms with E-state index in [1.807, 2.05) is 0 Å². The molecule has 144 valence electrons. The monoisotopic (exact) mass is 412 g/mol. The van der Waals surface area contributed by atoms with Gasteiger partial charge in [-0.3, -0.25) is 4.79 Å². The summed E-state index contributed by atoms with van der Waals surface area (Å²) >= 11 is 5.69. The highest BCUT2D eigenvalue weighted by Gasteiger charge is 2.31. The standard InChI is InChI=1S/C18H19ClFN3O3S/c19-14-6-7-17(16(20)12-14)21-18(24)13-22-8-10-23(11-9-22)27(25,26)15-4-2-1-3-5-15/h1-7,12H,8-11,13H2,(H,21,24)/p+1. The molecule has 0 aliphatic carbocycles. The number of carbonyl (C=O) groups is 1. The van der Waals surface area contributed by atoms with Crippen molar-refractivity contribution in [2.75, 3.05) is 38.0 Å². The average molecular weight is 413 g/mol. The van der Waals surface area contributed by atoms with Crippen LogP contribution in [0, 0.1) is 5.82 Å². The summed E-state index contributed by atoms with van der Waals surface area (Å²) in [6.45, 7) is 1.80. The SMILES string of the molecule is O=C(C[NH+]1CCN(S(=O)(=O)c2ccccc2)CC1)Nc1ccc(Cl)cc1F. The highest BCUT2D eigenvalue weighted by molar-refractivity contribution is 7.89. The molecule has 0 spiro atoms. The number of anilines is 1. The molecule has 0 atom stereocenters. The zero-order chi connectivity index (χ0) is 19.4.